The molecule has 1 N–H and O–H groups in total. The number of esters is 2. The molecule has 0 aliphatic heterocycles. The summed E-state index contributed by atoms with van der Waals surface area (Å²) in [5, 5.41) is 2.93. The van der Waals surface area contributed by atoms with Crippen LogP contribution in [0.1, 0.15) is 42.9 Å². The second kappa shape index (κ2) is 7.74. The highest BCUT2D eigenvalue weighted by atomic mass is 32.1. The highest BCUT2D eigenvalue weighted by Gasteiger charge is 2.27. The van der Waals surface area contributed by atoms with E-state index < -0.39 is 11.9 Å². The average Bonchev–Trinajstić information content (AvgIpc) is 2.91. The van der Waals surface area contributed by atoms with Gasteiger partial charge in [-0.1, -0.05) is 18.2 Å². The van der Waals surface area contributed by atoms with Crippen molar-refractivity contribution in [1.29, 1.82) is 0 Å². The predicted molar refractivity (Wildman–Crippen MR) is 90.7 cm³/mol. The van der Waals surface area contributed by atoms with Crippen LogP contribution in [-0.2, 0) is 9.47 Å². The maximum Gasteiger partial charge on any atom is 0.348 e. The lowest BCUT2D eigenvalue weighted by atomic mass is 10.1. The number of carbonyl (C=O) groups is 3. The van der Waals surface area contributed by atoms with Crippen molar-refractivity contribution in [3.63, 3.8) is 0 Å². The van der Waals surface area contributed by atoms with Crippen LogP contribution in [0.2, 0.25) is 0 Å². The van der Waals surface area contributed by atoms with Crippen LogP contribution >= 0.6 is 11.3 Å². The molecule has 2 rings (SSSR count). The minimum atomic E-state index is -0.623. The van der Waals surface area contributed by atoms with Crippen LogP contribution in [0.4, 0.5) is 5.00 Å². The summed E-state index contributed by atoms with van der Waals surface area (Å²) in [5.74, 6) is -1.54. The number of ether oxygens (including phenoxy) is 2. The SMILES string of the molecule is CCOC(=O)c1sc(NC(=O)c2ccccc2)c(C(=O)OC)c1C. The Morgan fingerprint density at radius 3 is 2.38 bits per heavy atom. The summed E-state index contributed by atoms with van der Waals surface area (Å²) < 4.78 is 9.75. The van der Waals surface area contributed by atoms with E-state index in [-0.39, 0.29) is 28.0 Å². The molecular formula is C17H17NO5S. The molecule has 24 heavy (non-hydrogen) atoms. The maximum atomic E-state index is 12.3. The first-order chi connectivity index (χ1) is 11.5. The lowest BCUT2D eigenvalue weighted by Gasteiger charge is -2.06. The molecule has 0 spiro atoms. The van der Waals surface area contributed by atoms with Crippen molar-refractivity contribution in [1.82, 2.24) is 0 Å². The number of rotatable bonds is 5. The van der Waals surface area contributed by atoms with E-state index in [2.05, 4.69) is 5.32 Å². The van der Waals surface area contributed by atoms with Crippen LogP contribution < -0.4 is 5.32 Å². The van der Waals surface area contributed by atoms with Crippen molar-refractivity contribution in [2.24, 2.45) is 0 Å². The lowest BCUT2D eigenvalue weighted by Crippen LogP contribution is -2.14. The van der Waals surface area contributed by atoms with Gasteiger partial charge in [-0.3, -0.25) is 4.79 Å². The standard InChI is InChI=1S/C17H17NO5S/c1-4-23-17(21)13-10(2)12(16(20)22-3)15(24-13)18-14(19)11-8-6-5-7-9-11/h5-9H,4H2,1-3H3,(H,18,19). The Bertz CT molecular complexity index is 767. The molecule has 1 heterocycles. The molecule has 0 fully saturated rings. The summed E-state index contributed by atoms with van der Waals surface area (Å²) in [6, 6.07) is 8.57. The van der Waals surface area contributed by atoms with E-state index in [1.54, 1.807) is 44.2 Å². The monoisotopic (exact) mass is 347 g/mol. The molecule has 0 aliphatic carbocycles. The van der Waals surface area contributed by atoms with E-state index >= 15 is 0 Å². The van der Waals surface area contributed by atoms with Gasteiger partial charge in [-0.2, -0.15) is 0 Å². The second-order valence-corrected chi connectivity index (χ2v) is 5.81. The van der Waals surface area contributed by atoms with Crippen molar-refractivity contribution in [2.45, 2.75) is 13.8 Å². The molecule has 1 aromatic carbocycles. The van der Waals surface area contributed by atoms with Crippen LogP contribution in [-0.4, -0.2) is 31.6 Å². The van der Waals surface area contributed by atoms with Gasteiger partial charge in [0.15, 0.2) is 0 Å². The molecule has 0 aliphatic rings. The number of benzene rings is 1. The number of thiophene rings is 1. The first-order valence-electron chi connectivity index (χ1n) is 7.24. The summed E-state index contributed by atoms with van der Waals surface area (Å²) >= 11 is 0.994. The minimum Gasteiger partial charge on any atom is -0.465 e. The van der Waals surface area contributed by atoms with Crippen LogP contribution in [0.15, 0.2) is 30.3 Å². The van der Waals surface area contributed by atoms with E-state index in [0.717, 1.165) is 11.3 Å². The molecule has 0 bridgehead atoms. The van der Waals surface area contributed by atoms with E-state index in [4.69, 9.17) is 9.47 Å². The van der Waals surface area contributed by atoms with Gasteiger partial charge in [0.1, 0.15) is 9.88 Å². The summed E-state index contributed by atoms with van der Waals surface area (Å²) in [7, 11) is 1.24. The molecule has 0 saturated carbocycles. The zero-order valence-corrected chi connectivity index (χ0v) is 14.4. The number of nitrogens with one attached hydrogen (secondary N) is 1. The Hall–Kier alpha value is -2.67. The predicted octanol–water partition coefficient (Wildman–Crippen LogP) is 3.27. The van der Waals surface area contributed by atoms with Gasteiger partial charge < -0.3 is 14.8 Å². The molecule has 1 amide bonds. The van der Waals surface area contributed by atoms with Crippen LogP contribution in [0.3, 0.4) is 0 Å². The van der Waals surface area contributed by atoms with E-state index in [0.29, 0.717) is 11.1 Å². The summed E-state index contributed by atoms with van der Waals surface area (Å²) in [6.07, 6.45) is 0. The van der Waals surface area contributed by atoms with Crippen LogP contribution in [0, 0.1) is 6.92 Å². The third-order valence-corrected chi connectivity index (χ3v) is 4.45. The van der Waals surface area contributed by atoms with E-state index in [1.807, 2.05) is 0 Å². The van der Waals surface area contributed by atoms with Gasteiger partial charge in [0, 0.05) is 5.56 Å². The Morgan fingerprint density at radius 2 is 1.79 bits per heavy atom. The lowest BCUT2D eigenvalue weighted by molar-refractivity contribution is 0.0531. The van der Waals surface area contributed by atoms with Crippen molar-refractivity contribution in [3.8, 4) is 0 Å². The van der Waals surface area contributed by atoms with E-state index in [9.17, 15) is 14.4 Å². The highest BCUT2D eigenvalue weighted by molar-refractivity contribution is 7.18. The first-order valence-corrected chi connectivity index (χ1v) is 8.06. The first kappa shape index (κ1) is 17.7. The zero-order valence-electron chi connectivity index (χ0n) is 13.5. The van der Waals surface area contributed by atoms with E-state index in [1.165, 1.54) is 7.11 Å². The molecular weight excluding hydrogens is 330 g/mol. The van der Waals surface area contributed by atoms with Crippen molar-refractivity contribution in [2.75, 3.05) is 19.0 Å². The molecule has 0 unspecified atom stereocenters. The summed E-state index contributed by atoms with van der Waals surface area (Å²) in [4.78, 5) is 36.7. The van der Waals surface area contributed by atoms with Crippen LogP contribution in [0.25, 0.3) is 0 Å². The summed E-state index contributed by atoms with van der Waals surface area (Å²) in [5.41, 5.74) is 1.03. The number of methoxy groups -OCH3 is 1. The Balaban J connectivity index is 2.41. The Kier molecular flexibility index (Phi) is 5.70. The fraction of sp³-hybridized carbons (Fsp3) is 0.235. The van der Waals surface area contributed by atoms with Gasteiger partial charge in [-0.15, -0.1) is 11.3 Å². The van der Waals surface area contributed by atoms with Gasteiger partial charge in [0.2, 0.25) is 0 Å². The zero-order chi connectivity index (χ0) is 17.7. The Morgan fingerprint density at radius 1 is 1.12 bits per heavy atom. The third-order valence-electron chi connectivity index (χ3n) is 3.26. The number of amides is 1. The normalized spacial score (nSPS) is 10.1. The van der Waals surface area contributed by atoms with Gasteiger partial charge >= 0.3 is 11.9 Å². The fourth-order valence-electron chi connectivity index (χ4n) is 2.11. The van der Waals surface area contributed by atoms with Gasteiger partial charge in [0.25, 0.3) is 5.91 Å². The van der Waals surface area contributed by atoms with Gasteiger partial charge in [-0.05, 0) is 31.5 Å². The fourth-order valence-corrected chi connectivity index (χ4v) is 3.19. The second-order valence-electron chi connectivity index (χ2n) is 4.79. The number of carbonyl (C=O) groups excluding carboxylic acids is 3. The smallest absolute Gasteiger partial charge is 0.348 e. The Labute approximate surface area is 143 Å². The molecule has 0 atom stereocenters. The average molecular weight is 347 g/mol. The quantitative estimate of drug-likeness (QED) is 0.840. The molecule has 2 aromatic rings. The van der Waals surface area contributed by atoms with Gasteiger partial charge in [0.05, 0.1) is 19.3 Å². The van der Waals surface area contributed by atoms with Crippen molar-refractivity contribution < 1.29 is 23.9 Å². The molecule has 126 valence electrons. The van der Waals surface area contributed by atoms with Gasteiger partial charge in [-0.25, -0.2) is 9.59 Å². The molecule has 6 nitrogen and oxygen atoms in total. The number of hydrogen-bond donors (Lipinski definition) is 1. The number of hydrogen-bond acceptors (Lipinski definition) is 6. The largest absolute Gasteiger partial charge is 0.465 e. The van der Waals surface area contributed by atoms with Crippen molar-refractivity contribution >= 4 is 34.2 Å². The number of anilines is 1. The molecule has 7 heteroatoms. The maximum absolute atomic E-state index is 12.3. The molecule has 0 saturated heterocycles. The summed E-state index contributed by atoms with van der Waals surface area (Å²) in [6.45, 7) is 3.53. The molecule has 0 radical (unpaired) electrons. The van der Waals surface area contributed by atoms with Crippen LogP contribution in [0.5, 0.6) is 0 Å². The van der Waals surface area contributed by atoms with Crippen molar-refractivity contribution in [3.05, 3.63) is 51.9 Å². The third kappa shape index (κ3) is 3.62. The molecule has 1 aromatic heterocycles. The highest BCUT2D eigenvalue weighted by Crippen LogP contribution is 2.34. The topological polar surface area (TPSA) is 81.7 Å². The minimum absolute atomic E-state index is 0.162.